The summed E-state index contributed by atoms with van der Waals surface area (Å²) in [4.78, 5) is 5.32. The van der Waals surface area contributed by atoms with Gasteiger partial charge in [-0.05, 0) is 131 Å². The molecule has 0 saturated carbocycles. The first-order valence-corrected chi connectivity index (χ1v) is 25.3. The molecular weight excluding hydrogens is 848 g/mol. The van der Waals surface area contributed by atoms with Crippen LogP contribution in [-0.2, 0) is 21.7 Å². The number of rotatable bonds is 3. The molecule has 2 aliphatic heterocycles. The average molecular weight is 911 g/mol. The van der Waals surface area contributed by atoms with Crippen molar-refractivity contribution in [3.05, 3.63) is 186 Å². The third-order valence-electron chi connectivity index (χ3n) is 15.4. The third-order valence-corrected chi connectivity index (χ3v) is 15.4. The van der Waals surface area contributed by atoms with Crippen molar-refractivity contribution in [1.82, 2.24) is 0 Å². The van der Waals surface area contributed by atoms with E-state index in [1.807, 2.05) is 0 Å². The Morgan fingerprint density at radius 1 is 0.386 bits per heavy atom. The number of anilines is 6. The minimum Gasteiger partial charge on any atom is -0.456 e. The zero-order chi connectivity index (χ0) is 48.8. The Hall–Kier alpha value is -7.04. The molecule has 0 N–H and O–H groups in total. The summed E-state index contributed by atoms with van der Waals surface area (Å²) in [6, 6.07) is 62.6. The SMILES string of the molecule is CC(C)(C)c1cc(N2c3cc(-c4cccc5oc6ccccc6c45)cc4c3B(c3ccc5ccccc5c32)c2ccc3ccccc3c2N4c2cc(C(C)(C)C)cc(C(C)(C)C)c2)cc(C(C)(C)C)c1. The van der Waals surface area contributed by atoms with Crippen LogP contribution in [-0.4, -0.2) is 6.71 Å². The topological polar surface area (TPSA) is 19.6 Å². The van der Waals surface area contributed by atoms with Gasteiger partial charge in [0.15, 0.2) is 0 Å². The van der Waals surface area contributed by atoms with Gasteiger partial charge in [0.1, 0.15) is 11.2 Å². The molecule has 3 nitrogen and oxygen atoms in total. The Morgan fingerprint density at radius 3 is 1.26 bits per heavy atom. The van der Waals surface area contributed by atoms with Crippen LogP contribution < -0.4 is 26.2 Å². The fourth-order valence-electron chi connectivity index (χ4n) is 11.4. The maximum Gasteiger partial charge on any atom is 0.252 e. The van der Waals surface area contributed by atoms with E-state index in [2.05, 4.69) is 257 Å². The molecule has 346 valence electrons. The van der Waals surface area contributed by atoms with Crippen LogP contribution >= 0.6 is 0 Å². The molecule has 70 heavy (non-hydrogen) atoms. The van der Waals surface area contributed by atoms with E-state index in [1.54, 1.807) is 0 Å². The Kier molecular flexibility index (Phi) is 9.62. The highest BCUT2D eigenvalue weighted by molar-refractivity contribution is 7.00. The van der Waals surface area contributed by atoms with E-state index in [-0.39, 0.29) is 28.4 Å². The molecule has 0 amide bonds. The second kappa shape index (κ2) is 15.2. The summed E-state index contributed by atoms with van der Waals surface area (Å²) in [5.41, 5.74) is 20.2. The van der Waals surface area contributed by atoms with Gasteiger partial charge >= 0.3 is 0 Å². The second-order valence-corrected chi connectivity index (χ2v) is 24.3. The number of benzene rings is 9. The summed E-state index contributed by atoms with van der Waals surface area (Å²) in [5.74, 6) is 0. The highest BCUT2D eigenvalue weighted by Crippen LogP contribution is 2.51. The molecule has 3 heterocycles. The Balaban J connectivity index is 1.30. The van der Waals surface area contributed by atoms with E-state index in [9.17, 15) is 0 Å². The molecule has 0 saturated heterocycles. The standard InChI is InChI=1S/C66H63BN2O/c1-63(2,3)43-34-44(64(4,5)6)37-47(36-43)68-55-32-42(49-25-19-27-58-59(49)52-24-17-18-26-57(52)70-58)33-56-60(55)67(53-30-28-40-20-13-15-22-50(40)61(53)68)54-31-29-41-21-14-16-23-51(41)62(54)69(56)48-38-45(65(7,8)9)35-46(39-48)66(10,11)12/h13-39H,1-12H3. The number of furan rings is 1. The van der Waals surface area contributed by atoms with E-state index in [4.69, 9.17) is 4.42 Å². The van der Waals surface area contributed by atoms with Crippen LogP contribution in [0, 0.1) is 0 Å². The van der Waals surface area contributed by atoms with Crippen molar-refractivity contribution in [2.24, 2.45) is 0 Å². The van der Waals surface area contributed by atoms with Crippen LogP contribution in [0.3, 0.4) is 0 Å². The Bertz CT molecular complexity index is 3540. The smallest absolute Gasteiger partial charge is 0.252 e. The van der Waals surface area contributed by atoms with Crippen molar-refractivity contribution in [1.29, 1.82) is 0 Å². The second-order valence-electron chi connectivity index (χ2n) is 24.3. The lowest BCUT2D eigenvalue weighted by atomic mass is 9.33. The van der Waals surface area contributed by atoms with Crippen molar-refractivity contribution in [3.8, 4) is 11.1 Å². The zero-order valence-electron chi connectivity index (χ0n) is 43.0. The van der Waals surface area contributed by atoms with Gasteiger partial charge in [-0.15, -0.1) is 0 Å². The molecule has 0 radical (unpaired) electrons. The lowest BCUT2D eigenvalue weighted by molar-refractivity contribution is 0.568. The van der Waals surface area contributed by atoms with Crippen LogP contribution in [0.15, 0.2) is 168 Å². The lowest BCUT2D eigenvalue weighted by Gasteiger charge is -2.46. The summed E-state index contributed by atoms with van der Waals surface area (Å²) in [6.45, 7) is 28.1. The predicted octanol–water partition coefficient (Wildman–Crippen LogP) is 16.8. The first-order valence-electron chi connectivity index (χ1n) is 25.3. The quantitative estimate of drug-likeness (QED) is 0.165. The first kappa shape index (κ1) is 44.2. The molecule has 0 aliphatic carbocycles. The van der Waals surface area contributed by atoms with Gasteiger partial charge in [-0.3, -0.25) is 0 Å². The van der Waals surface area contributed by atoms with Crippen molar-refractivity contribution in [2.45, 2.75) is 105 Å². The molecule has 0 unspecified atom stereocenters. The normalized spacial score (nSPS) is 13.9. The maximum atomic E-state index is 6.64. The third kappa shape index (κ3) is 6.92. The summed E-state index contributed by atoms with van der Waals surface area (Å²) in [6.07, 6.45) is 0. The average Bonchev–Trinajstić information content (AvgIpc) is 3.71. The molecule has 1 aromatic heterocycles. The van der Waals surface area contributed by atoms with Gasteiger partial charge in [0.25, 0.3) is 6.71 Å². The van der Waals surface area contributed by atoms with Crippen molar-refractivity contribution >= 4 is 101 Å². The van der Waals surface area contributed by atoms with Crippen LogP contribution in [0.25, 0.3) is 54.6 Å². The summed E-state index contributed by atoms with van der Waals surface area (Å²) < 4.78 is 6.64. The molecule has 2 aliphatic rings. The predicted molar refractivity (Wildman–Crippen MR) is 303 cm³/mol. The number of fused-ring (bicyclic) bond motifs is 11. The molecule has 4 heteroatoms. The van der Waals surface area contributed by atoms with Gasteiger partial charge in [-0.2, -0.15) is 0 Å². The van der Waals surface area contributed by atoms with Gasteiger partial charge in [-0.1, -0.05) is 198 Å². The minimum atomic E-state index is -0.0885. The monoisotopic (exact) mass is 911 g/mol. The molecule has 0 fully saturated rings. The summed E-state index contributed by atoms with van der Waals surface area (Å²) in [5, 5.41) is 7.21. The van der Waals surface area contributed by atoms with E-state index in [1.165, 1.54) is 94.3 Å². The van der Waals surface area contributed by atoms with E-state index in [0.717, 1.165) is 33.1 Å². The molecule has 9 aromatic carbocycles. The largest absolute Gasteiger partial charge is 0.456 e. The highest BCUT2D eigenvalue weighted by atomic mass is 16.3. The number of hydrogen-bond acceptors (Lipinski definition) is 3. The molecular formula is C66H63BN2O. The summed E-state index contributed by atoms with van der Waals surface area (Å²) >= 11 is 0. The maximum absolute atomic E-state index is 6.64. The van der Waals surface area contributed by atoms with Gasteiger partial charge in [0.2, 0.25) is 0 Å². The number of hydrogen-bond donors (Lipinski definition) is 0. The van der Waals surface area contributed by atoms with Crippen LogP contribution in [0.1, 0.15) is 105 Å². The fraction of sp³-hybridized carbons (Fsp3) is 0.242. The molecule has 10 aromatic rings. The zero-order valence-corrected chi connectivity index (χ0v) is 43.0. The van der Waals surface area contributed by atoms with Gasteiger partial charge in [0.05, 0.1) is 0 Å². The fourth-order valence-corrected chi connectivity index (χ4v) is 11.4. The van der Waals surface area contributed by atoms with Crippen molar-refractivity contribution in [3.63, 3.8) is 0 Å². The van der Waals surface area contributed by atoms with Crippen molar-refractivity contribution < 1.29 is 4.42 Å². The molecule has 12 rings (SSSR count). The summed E-state index contributed by atoms with van der Waals surface area (Å²) in [7, 11) is 0. The Labute approximate surface area is 414 Å². The van der Waals surface area contributed by atoms with Crippen LogP contribution in [0.4, 0.5) is 34.1 Å². The first-order chi connectivity index (χ1) is 33.2. The van der Waals surface area contributed by atoms with Crippen LogP contribution in [0.2, 0.25) is 0 Å². The van der Waals surface area contributed by atoms with E-state index >= 15 is 0 Å². The van der Waals surface area contributed by atoms with Crippen LogP contribution in [0.5, 0.6) is 0 Å². The lowest BCUT2D eigenvalue weighted by Crippen LogP contribution is -2.61. The number of para-hydroxylation sites is 1. The van der Waals surface area contributed by atoms with Crippen molar-refractivity contribution in [2.75, 3.05) is 9.80 Å². The van der Waals surface area contributed by atoms with Gasteiger partial charge in [-0.25, -0.2) is 0 Å². The van der Waals surface area contributed by atoms with E-state index < -0.39 is 0 Å². The molecule has 0 bridgehead atoms. The molecule has 0 spiro atoms. The molecule has 0 atom stereocenters. The van der Waals surface area contributed by atoms with E-state index in [0.29, 0.717) is 0 Å². The van der Waals surface area contributed by atoms with Gasteiger partial charge in [0, 0.05) is 55.7 Å². The highest BCUT2D eigenvalue weighted by Gasteiger charge is 2.45. The van der Waals surface area contributed by atoms with Gasteiger partial charge < -0.3 is 14.2 Å². The number of nitrogens with zero attached hydrogens (tertiary/aromatic N) is 2. The minimum absolute atomic E-state index is 0.0583. The Morgan fingerprint density at radius 2 is 0.800 bits per heavy atom.